The van der Waals surface area contributed by atoms with E-state index in [4.69, 9.17) is 10.5 Å². The van der Waals surface area contributed by atoms with Gasteiger partial charge in [0.1, 0.15) is 12.1 Å². The van der Waals surface area contributed by atoms with Crippen molar-refractivity contribution in [3.8, 4) is 17.2 Å². The Bertz CT molecular complexity index is 2410. The molecular formula is C47H69N9O13. The van der Waals surface area contributed by atoms with Gasteiger partial charge in [0.15, 0.2) is 17.2 Å². The number of nitrogens with two attached hydrogens (primary N) is 1. The van der Waals surface area contributed by atoms with E-state index in [2.05, 4.69) is 26.6 Å². The maximum absolute atomic E-state index is 13.5. The molecule has 3 atom stereocenters. The van der Waals surface area contributed by atoms with Crippen molar-refractivity contribution >= 4 is 35.5 Å². The minimum Gasteiger partial charge on any atom is -0.503 e. The fourth-order valence-corrected chi connectivity index (χ4v) is 7.32. The summed E-state index contributed by atoms with van der Waals surface area (Å²) in [6.07, 6.45) is 8.06. The summed E-state index contributed by atoms with van der Waals surface area (Å²) in [5.74, 6) is -4.18. The largest absolute Gasteiger partial charge is 0.503 e. The number of esters is 1. The van der Waals surface area contributed by atoms with Crippen molar-refractivity contribution in [2.24, 2.45) is 5.73 Å². The minimum absolute atomic E-state index is 0.0222. The monoisotopic (exact) mass is 968 g/mol. The molecular weight excluding hydrogens is 899 g/mol. The Morgan fingerprint density at radius 2 is 0.899 bits per heavy atom. The van der Waals surface area contributed by atoms with Crippen LogP contribution in [0.3, 0.4) is 0 Å². The van der Waals surface area contributed by atoms with Gasteiger partial charge in [-0.2, -0.15) is 0 Å². The highest BCUT2D eigenvalue weighted by Gasteiger charge is 2.24. The van der Waals surface area contributed by atoms with E-state index in [1.807, 2.05) is 0 Å². The Labute approximate surface area is 400 Å². The standard InChI is InChI=1S/C47H69N9O13/c1-5-69-41(62)17-23-51-47(68)35(14-8-11-26-56-29-20-38(59)44(65)32(56)4)53-40(61)16-22-50-46(67)34(13-7-10-25-55-28-19-37(58)43(64)31(55)3)52-39(60)15-21-49-45(66)33(48)12-6-9-24-54-27-18-36(57)42(63)30(54)2/h18-20,27-29,33-35,63-65H,5-17,21-26,48H2,1-4H3,(H,49,66)(H,50,67)(H,51,68)(H,52,60)(H,53,61)/t33-,34-,35-/m0/s1. The molecule has 0 aromatic carbocycles. The van der Waals surface area contributed by atoms with Gasteiger partial charge in [-0.05, 0) is 85.5 Å². The molecule has 3 rings (SSSR count). The van der Waals surface area contributed by atoms with Crippen LogP contribution in [-0.2, 0) is 53.1 Å². The number of carbonyl (C=O) groups is 6. The number of aromatic hydroxyl groups is 3. The zero-order valence-electron chi connectivity index (χ0n) is 40.0. The molecule has 0 aliphatic carbocycles. The summed E-state index contributed by atoms with van der Waals surface area (Å²) in [5.41, 5.74) is 5.83. The first-order chi connectivity index (χ1) is 32.8. The molecule has 3 heterocycles. The lowest BCUT2D eigenvalue weighted by molar-refractivity contribution is -0.143. The molecule has 22 heteroatoms. The second-order valence-corrected chi connectivity index (χ2v) is 16.7. The SMILES string of the molecule is CCOC(=O)CCNC(=O)[C@H](CCCCn1ccc(=O)c(O)c1C)NC(=O)CCNC(=O)[C@H](CCCCn1ccc(=O)c(O)c1C)NC(=O)CCNC(=O)[C@@H](N)CCCCn1ccc(=O)c(O)c1C. The lowest BCUT2D eigenvalue weighted by Crippen LogP contribution is -2.49. The van der Waals surface area contributed by atoms with E-state index in [-0.39, 0.29) is 75.6 Å². The summed E-state index contributed by atoms with van der Waals surface area (Å²) in [7, 11) is 0. The van der Waals surface area contributed by atoms with Crippen molar-refractivity contribution in [3.63, 3.8) is 0 Å². The van der Waals surface area contributed by atoms with Crippen LogP contribution < -0.4 is 48.6 Å². The van der Waals surface area contributed by atoms with Crippen molar-refractivity contribution in [2.75, 3.05) is 26.2 Å². The molecule has 0 bridgehead atoms. The van der Waals surface area contributed by atoms with Crippen LogP contribution in [0.5, 0.6) is 17.2 Å². The van der Waals surface area contributed by atoms with E-state index < -0.39 is 69.9 Å². The molecule has 0 spiro atoms. The summed E-state index contributed by atoms with van der Waals surface area (Å²) in [4.78, 5) is 113. The van der Waals surface area contributed by atoms with Crippen LogP contribution in [0.25, 0.3) is 0 Å². The molecule has 22 nitrogen and oxygen atoms in total. The van der Waals surface area contributed by atoms with Crippen molar-refractivity contribution in [2.45, 2.75) is 143 Å². The van der Waals surface area contributed by atoms with E-state index in [0.717, 1.165) is 0 Å². The highest BCUT2D eigenvalue weighted by atomic mass is 16.5. The van der Waals surface area contributed by atoms with Crippen LogP contribution in [0.1, 0.15) is 101 Å². The molecule has 380 valence electrons. The number of ether oxygens (including phenoxy) is 1. The molecule has 10 N–H and O–H groups in total. The first-order valence-electron chi connectivity index (χ1n) is 23.3. The van der Waals surface area contributed by atoms with Crippen LogP contribution >= 0.6 is 0 Å². The van der Waals surface area contributed by atoms with Gasteiger partial charge in [-0.25, -0.2) is 0 Å². The maximum Gasteiger partial charge on any atom is 0.307 e. The fourth-order valence-electron chi connectivity index (χ4n) is 7.32. The fraction of sp³-hybridized carbons (Fsp3) is 0.553. The topological polar surface area (TPSA) is 325 Å². The number of amides is 5. The summed E-state index contributed by atoms with van der Waals surface area (Å²) < 4.78 is 10.1. The summed E-state index contributed by atoms with van der Waals surface area (Å²) in [6.45, 7) is 7.78. The predicted molar refractivity (Wildman–Crippen MR) is 254 cm³/mol. The van der Waals surface area contributed by atoms with Gasteiger partial charge in [0.2, 0.25) is 45.8 Å². The number of nitrogens with one attached hydrogen (secondary N) is 5. The molecule has 0 unspecified atom stereocenters. The Balaban J connectivity index is 1.55. The van der Waals surface area contributed by atoms with Gasteiger partial charge in [0.05, 0.1) is 36.2 Å². The Hall–Kier alpha value is -6.97. The number of nitrogens with zero attached hydrogens (tertiary/aromatic N) is 3. The van der Waals surface area contributed by atoms with E-state index in [0.29, 0.717) is 81.7 Å². The summed E-state index contributed by atoms with van der Waals surface area (Å²) in [6, 6.07) is 0.890. The number of hydrogen-bond acceptors (Lipinski definition) is 14. The molecule has 0 saturated carbocycles. The number of aryl methyl sites for hydroxylation is 3. The molecule has 5 amide bonds. The lowest BCUT2D eigenvalue weighted by atomic mass is 10.1. The Morgan fingerprint density at radius 3 is 1.28 bits per heavy atom. The number of hydrogen-bond donors (Lipinski definition) is 9. The second-order valence-electron chi connectivity index (χ2n) is 16.7. The van der Waals surface area contributed by atoms with Crippen molar-refractivity contribution < 1.29 is 48.8 Å². The van der Waals surface area contributed by atoms with Crippen LogP contribution in [0.15, 0.2) is 51.2 Å². The normalized spacial score (nSPS) is 12.3. The number of aromatic nitrogens is 3. The second kappa shape index (κ2) is 29.0. The zero-order chi connectivity index (χ0) is 51.0. The predicted octanol–water partition coefficient (Wildman–Crippen LogP) is 0.504. The smallest absolute Gasteiger partial charge is 0.307 e. The Kier molecular flexibility index (Phi) is 23.7. The molecule has 0 fully saturated rings. The molecule has 3 aromatic rings. The average molecular weight is 968 g/mol. The van der Waals surface area contributed by atoms with Gasteiger partial charge < -0.3 is 66.1 Å². The first kappa shape index (κ1) is 56.4. The highest BCUT2D eigenvalue weighted by Crippen LogP contribution is 2.14. The van der Waals surface area contributed by atoms with E-state index >= 15 is 0 Å². The van der Waals surface area contributed by atoms with Gasteiger partial charge in [-0.3, -0.25) is 43.2 Å². The molecule has 0 aliphatic rings. The maximum atomic E-state index is 13.5. The zero-order valence-corrected chi connectivity index (χ0v) is 40.0. The van der Waals surface area contributed by atoms with Crippen molar-refractivity contribution in [3.05, 3.63) is 84.5 Å². The molecule has 69 heavy (non-hydrogen) atoms. The molecule has 0 aliphatic heterocycles. The third-order valence-electron chi connectivity index (χ3n) is 11.6. The van der Waals surface area contributed by atoms with Crippen LogP contribution in [0, 0.1) is 20.8 Å². The van der Waals surface area contributed by atoms with Gasteiger partial charge in [0.25, 0.3) is 0 Å². The third-order valence-corrected chi connectivity index (χ3v) is 11.6. The lowest BCUT2D eigenvalue weighted by Gasteiger charge is -2.20. The van der Waals surface area contributed by atoms with Crippen molar-refractivity contribution in [1.29, 1.82) is 0 Å². The molecule has 0 radical (unpaired) electrons. The average Bonchev–Trinajstić information content (AvgIpc) is 3.31. The van der Waals surface area contributed by atoms with Gasteiger partial charge in [-0.1, -0.05) is 0 Å². The number of carbonyl (C=O) groups excluding carboxylic acids is 6. The van der Waals surface area contributed by atoms with Crippen LogP contribution in [0.2, 0.25) is 0 Å². The first-order valence-corrected chi connectivity index (χ1v) is 23.3. The number of unbranched alkanes of at least 4 members (excludes halogenated alkanes) is 3. The molecule has 3 aromatic heterocycles. The molecule has 0 saturated heterocycles. The highest BCUT2D eigenvalue weighted by molar-refractivity contribution is 5.89. The van der Waals surface area contributed by atoms with E-state index in [9.17, 15) is 58.5 Å². The van der Waals surface area contributed by atoms with Crippen molar-refractivity contribution in [1.82, 2.24) is 40.3 Å². The van der Waals surface area contributed by atoms with Crippen LogP contribution in [0.4, 0.5) is 0 Å². The third kappa shape index (κ3) is 18.9. The quantitative estimate of drug-likeness (QED) is 0.0325. The van der Waals surface area contributed by atoms with Crippen LogP contribution in [-0.4, -0.2) is 109 Å². The van der Waals surface area contributed by atoms with E-state index in [1.54, 1.807) is 60.0 Å². The van der Waals surface area contributed by atoms with Gasteiger partial charge in [-0.15, -0.1) is 0 Å². The Morgan fingerprint density at radius 1 is 0.551 bits per heavy atom. The summed E-state index contributed by atoms with van der Waals surface area (Å²) in [5, 5.41) is 43.3. The summed E-state index contributed by atoms with van der Waals surface area (Å²) >= 11 is 0. The number of pyridine rings is 3. The van der Waals surface area contributed by atoms with Gasteiger partial charge in [0, 0.05) is 88.9 Å². The number of rotatable bonds is 30. The van der Waals surface area contributed by atoms with Gasteiger partial charge >= 0.3 is 5.97 Å². The minimum atomic E-state index is -1.04. The van der Waals surface area contributed by atoms with E-state index in [1.165, 1.54) is 18.2 Å².